The van der Waals surface area contributed by atoms with Gasteiger partial charge in [-0.05, 0) is 12.5 Å². The lowest BCUT2D eigenvalue weighted by Crippen LogP contribution is -2.13. The summed E-state index contributed by atoms with van der Waals surface area (Å²) in [7, 11) is 1.50. The molecular formula is C12H14N4O2. The number of ether oxygens (including phenoxy) is 1. The highest BCUT2D eigenvalue weighted by Gasteiger charge is 2.13. The molecule has 0 fully saturated rings. The van der Waals surface area contributed by atoms with Crippen LogP contribution in [-0.2, 0) is 6.42 Å². The van der Waals surface area contributed by atoms with Gasteiger partial charge in [0.05, 0.1) is 18.9 Å². The van der Waals surface area contributed by atoms with Gasteiger partial charge in [-0.15, -0.1) is 0 Å². The average molecular weight is 246 g/mol. The van der Waals surface area contributed by atoms with Gasteiger partial charge >= 0.3 is 0 Å². The van der Waals surface area contributed by atoms with Crippen molar-refractivity contribution in [3.05, 3.63) is 35.8 Å². The molecule has 94 valence electrons. The zero-order valence-corrected chi connectivity index (χ0v) is 10.2. The van der Waals surface area contributed by atoms with Crippen molar-refractivity contribution in [2.75, 3.05) is 12.4 Å². The van der Waals surface area contributed by atoms with Crippen molar-refractivity contribution in [1.82, 2.24) is 15.2 Å². The smallest absolute Gasteiger partial charge is 0.260 e. The number of nitrogens with one attached hydrogen (secondary N) is 2. The number of aryl methyl sites for hydroxylation is 1. The molecule has 2 aromatic heterocycles. The van der Waals surface area contributed by atoms with E-state index in [0.29, 0.717) is 17.1 Å². The van der Waals surface area contributed by atoms with Crippen molar-refractivity contribution in [1.29, 1.82) is 0 Å². The number of pyridine rings is 1. The Kier molecular flexibility index (Phi) is 3.57. The summed E-state index contributed by atoms with van der Waals surface area (Å²) in [6, 6.07) is 3.40. The molecule has 2 rings (SSSR count). The van der Waals surface area contributed by atoms with Crippen molar-refractivity contribution in [2.24, 2.45) is 0 Å². The molecule has 0 aromatic carbocycles. The van der Waals surface area contributed by atoms with Crippen molar-refractivity contribution < 1.29 is 9.53 Å². The molecule has 0 unspecified atom stereocenters. The molecule has 0 radical (unpaired) electrons. The van der Waals surface area contributed by atoms with Crippen LogP contribution in [0.2, 0.25) is 0 Å². The Labute approximate surface area is 104 Å². The van der Waals surface area contributed by atoms with Crippen LogP contribution in [0.1, 0.15) is 23.0 Å². The van der Waals surface area contributed by atoms with Crippen LogP contribution in [0.25, 0.3) is 0 Å². The molecule has 0 bridgehead atoms. The number of carbonyl (C=O) groups excluding carboxylic acids is 1. The molecule has 2 aromatic rings. The van der Waals surface area contributed by atoms with Crippen molar-refractivity contribution in [3.63, 3.8) is 0 Å². The van der Waals surface area contributed by atoms with Gasteiger partial charge in [-0.1, -0.05) is 6.92 Å². The van der Waals surface area contributed by atoms with Gasteiger partial charge in [-0.2, -0.15) is 5.10 Å². The largest absolute Gasteiger partial charge is 0.494 e. The van der Waals surface area contributed by atoms with Crippen molar-refractivity contribution in [3.8, 4) is 5.75 Å². The maximum absolute atomic E-state index is 12.0. The van der Waals surface area contributed by atoms with Crippen LogP contribution in [-0.4, -0.2) is 28.2 Å². The summed E-state index contributed by atoms with van der Waals surface area (Å²) < 4.78 is 5.08. The maximum Gasteiger partial charge on any atom is 0.260 e. The first-order valence-corrected chi connectivity index (χ1v) is 5.58. The minimum Gasteiger partial charge on any atom is -0.494 e. The van der Waals surface area contributed by atoms with Gasteiger partial charge in [0, 0.05) is 18.0 Å². The lowest BCUT2D eigenvalue weighted by molar-refractivity contribution is 0.102. The van der Waals surface area contributed by atoms with Crippen molar-refractivity contribution >= 4 is 11.7 Å². The van der Waals surface area contributed by atoms with Crippen LogP contribution in [0.15, 0.2) is 24.5 Å². The standard InChI is InChI=1S/C12H14N4O2/c1-3-8-6-11(16-15-8)14-12(17)9-4-5-13-7-10(9)18-2/h4-7H,3H2,1-2H3,(H2,14,15,16,17). The Bertz CT molecular complexity index is 551. The second-order valence-corrected chi connectivity index (χ2v) is 3.66. The molecule has 0 aliphatic carbocycles. The van der Waals surface area contributed by atoms with E-state index in [1.165, 1.54) is 13.3 Å². The predicted molar refractivity (Wildman–Crippen MR) is 66.7 cm³/mol. The first kappa shape index (κ1) is 12.1. The molecule has 0 atom stereocenters. The fourth-order valence-corrected chi connectivity index (χ4v) is 1.52. The van der Waals surface area contributed by atoms with Gasteiger partial charge in [0.1, 0.15) is 5.75 Å². The van der Waals surface area contributed by atoms with E-state index >= 15 is 0 Å². The molecule has 0 aliphatic heterocycles. The number of hydrogen-bond acceptors (Lipinski definition) is 4. The molecule has 1 amide bonds. The van der Waals surface area contributed by atoms with E-state index < -0.39 is 0 Å². The number of anilines is 1. The van der Waals surface area contributed by atoms with Crippen LogP contribution in [0.3, 0.4) is 0 Å². The minimum atomic E-state index is -0.275. The highest BCUT2D eigenvalue weighted by atomic mass is 16.5. The van der Waals surface area contributed by atoms with Crippen LogP contribution in [0, 0.1) is 0 Å². The SMILES string of the molecule is CCc1cc(NC(=O)c2ccncc2OC)n[nH]1. The summed E-state index contributed by atoms with van der Waals surface area (Å²) in [6.07, 6.45) is 3.87. The number of aromatic amines is 1. The molecule has 0 spiro atoms. The van der Waals surface area contributed by atoms with E-state index in [2.05, 4.69) is 20.5 Å². The number of methoxy groups -OCH3 is 1. The van der Waals surface area contributed by atoms with E-state index in [9.17, 15) is 4.79 Å². The third-order valence-electron chi connectivity index (χ3n) is 2.50. The molecule has 6 heteroatoms. The van der Waals surface area contributed by atoms with Crippen molar-refractivity contribution in [2.45, 2.75) is 13.3 Å². The van der Waals surface area contributed by atoms with Gasteiger partial charge in [0.15, 0.2) is 5.82 Å². The van der Waals surface area contributed by atoms with E-state index in [1.807, 2.05) is 6.92 Å². The summed E-state index contributed by atoms with van der Waals surface area (Å²) in [6.45, 7) is 2.00. The molecule has 0 aliphatic rings. The molecule has 18 heavy (non-hydrogen) atoms. The zero-order chi connectivity index (χ0) is 13.0. The molecule has 6 nitrogen and oxygen atoms in total. The summed E-state index contributed by atoms with van der Waals surface area (Å²) in [5.74, 6) is 0.653. The fraction of sp³-hybridized carbons (Fsp3) is 0.250. The van der Waals surface area contributed by atoms with Gasteiger partial charge in [-0.3, -0.25) is 14.9 Å². The second-order valence-electron chi connectivity index (χ2n) is 3.66. The number of rotatable bonds is 4. The quantitative estimate of drug-likeness (QED) is 0.859. The van der Waals surface area contributed by atoms with Gasteiger partial charge in [0.25, 0.3) is 5.91 Å². The van der Waals surface area contributed by atoms with Gasteiger partial charge < -0.3 is 10.1 Å². The number of amides is 1. The van der Waals surface area contributed by atoms with E-state index in [0.717, 1.165) is 12.1 Å². The number of hydrogen-bond donors (Lipinski definition) is 2. The third-order valence-corrected chi connectivity index (χ3v) is 2.50. The topological polar surface area (TPSA) is 79.9 Å². The lowest BCUT2D eigenvalue weighted by Gasteiger charge is -2.06. The second kappa shape index (κ2) is 5.31. The Balaban J connectivity index is 2.16. The first-order chi connectivity index (χ1) is 8.74. The fourth-order valence-electron chi connectivity index (χ4n) is 1.52. The summed E-state index contributed by atoms with van der Waals surface area (Å²) >= 11 is 0. The predicted octanol–water partition coefficient (Wildman–Crippen LogP) is 1.63. The lowest BCUT2D eigenvalue weighted by atomic mass is 10.2. The molecule has 0 saturated heterocycles. The highest BCUT2D eigenvalue weighted by molar-refractivity contribution is 6.05. The monoisotopic (exact) mass is 246 g/mol. The number of carbonyl (C=O) groups is 1. The Morgan fingerprint density at radius 2 is 2.39 bits per heavy atom. The Morgan fingerprint density at radius 3 is 3.06 bits per heavy atom. The number of H-pyrrole nitrogens is 1. The van der Waals surface area contributed by atoms with Gasteiger partial charge in [-0.25, -0.2) is 0 Å². The van der Waals surface area contributed by atoms with Gasteiger partial charge in [0.2, 0.25) is 0 Å². The molecule has 2 N–H and O–H groups in total. The normalized spacial score (nSPS) is 10.1. The highest BCUT2D eigenvalue weighted by Crippen LogP contribution is 2.17. The molecule has 0 saturated carbocycles. The summed E-state index contributed by atoms with van der Waals surface area (Å²) in [5, 5.41) is 9.53. The van der Waals surface area contributed by atoms with Crippen LogP contribution < -0.4 is 10.1 Å². The maximum atomic E-state index is 12.0. The summed E-state index contributed by atoms with van der Waals surface area (Å²) in [5.41, 5.74) is 1.39. The first-order valence-electron chi connectivity index (χ1n) is 5.58. The third kappa shape index (κ3) is 2.48. The summed E-state index contributed by atoms with van der Waals surface area (Å²) in [4.78, 5) is 15.9. The Morgan fingerprint density at radius 1 is 1.56 bits per heavy atom. The number of aromatic nitrogens is 3. The van der Waals surface area contributed by atoms with E-state index in [4.69, 9.17) is 4.74 Å². The minimum absolute atomic E-state index is 0.275. The van der Waals surface area contributed by atoms with E-state index in [-0.39, 0.29) is 5.91 Å². The van der Waals surface area contributed by atoms with Crippen LogP contribution >= 0.6 is 0 Å². The number of nitrogens with zero attached hydrogens (tertiary/aromatic N) is 2. The molecule has 2 heterocycles. The van der Waals surface area contributed by atoms with Crippen LogP contribution in [0.5, 0.6) is 5.75 Å². The average Bonchev–Trinajstić information content (AvgIpc) is 2.86. The van der Waals surface area contributed by atoms with E-state index in [1.54, 1.807) is 18.3 Å². The van der Waals surface area contributed by atoms with Crippen LogP contribution in [0.4, 0.5) is 5.82 Å². The zero-order valence-electron chi connectivity index (χ0n) is 10.2. The molecular weight excluding hydrogens is 232 g/mol. The Hall–Kier alpha value is -2.37.